The van der Waals surface area contributed by atoms with Crippen molar-refractivity contribution in [2.75, 3.05) is 0 Å². The Morgan fingerprint density at radius 1 is 1.27 bits per heavy atom. The molecular weight excluding hydrogens is 194 g/mol. The highest BCUT2D eigenvalue weighted by molar-refractivity contribution is 5.90. The zero-order valence-corrected chi connectivity index (χ0v) is 8.38. The van der Waals surface area contributed by atoms with Crippen molar-refractivity contribution in [1.82, 2.24) is 0 Å². The Labute approximate surface area is 87.7 Å². The van der Waals surface area contributed by atoms with E-state index < -0.39 is 17.9 Å². The van der Waals surface area contributed by atoms with Crippen LogP contribution in [0, 0.1) is 0 Å². The van der Waals surface area contributed by atoms with Crippen LogP contribution in [0.15, 0.2) is 30.3 Å². The maximum atomic E-state index is 11.3. The van der Waals surface area contributed by atoms with Gasteiger partial charge in [0.15, 0.2) is 0 Å². The lowest BCUT2D eigenvalue weighted by Gasteiger charge is -2.18. The summed E-state index contributed by atoms with van der Waals surface area (Å²) < 4.78 is 0. The van der Waals surface area contributed by atoms with E-state index >= 15 is 0 Å². The highest BCUT2D eigenvalue weighted by Crippen LogP contribution is 2.19. The Morgan fingerprint density at radius 3 is 2.20 bits per heavy atom. The summed E-state index contributed by atoms with van der Waals surface area (Å²) in [7, 11) is 0. The number of hydrogen-bond acceptors (Lipinski definition) is 3. The molecule has 1 rings (SSSR count). The molecule has 0 amide bonds. The average molecular weight is 207 g/mol. The zero-order chi connectivity index (χ0) is 11.4. The molecule has 0 unspecified atom stereocenters. The van der Waals surface area contributed by atoms with Crippen LogP contribution in [0.4, 0.5) is 0 Å². The van der Waals surface area contributed by atoms with Crippen LogP contribution in [0.3, 0.4) is 0 Å². The van der Waals surface area contributed by atoms with Gasteiger partial charge in [0, 0.05) is 0 Å². The van der Waals surface area contributed by atoms with Crippen LogP contribution in [0.25, 0.3) is 0 Å². The lowest BCUT2D eigenvalue weighted by Crippen LogP contribution is -2.39. The van der Waals surface area contributed by atoms with E-state index in [1.165, 1.54) is 6.92 Å². The van der Waals surface area contributed by atoms with Crippen molar-refractivity contribution in [2.24, 2.45) is 5.73 Å². The maximum absolute atomic E-state index is 11.3. The third-order valence-electron chi connectivity index (χ3n) is 2.24. The zero-order valence-electron chi connectivity index (χ0n) is 8.38. The fourth-order valence-corrected chi connectivity index (χ4v) is 1.50. The summed E-state index contributed by atoms with van der Waals surface area (Å²) >= 11 is 0. The lowest BCUT2D eigenvalue weighted by atomic mass is 9.89. The van der Waals surface area contributed by atoms with Crippen molar-refractivity contribution >= 4 is 11.8 Å². The van der Waals surface area contributed by atoms with Crippen molar-refractivity contribution in [3.63, 3.8) is 0 Å². The minimum atomic E-state index is -1.19. The van der Waals surface area contributed by atoms with Crippen molar-refractivity contribution < 1.29 is 14.7 Å². The molecule has 0 spiro atoms. The third kappa shape index (κ3) is 2.63. The third-order valence-corrected chi connectivity index (χ3v) is 2.24. The van der Waals surface area contributed by atoms with Crippen LogP contribution < -0.4 is 5.73 Å². The summed E-state index contributed by atoms with van der Waals surface area (Å²) in [4.78, 5) is 22.1. The summed E-state index contributed by atoms with van der Waals surface area (Å²) in [5.41, 5.74) is 6.11. The molecule has 15 heavy (non-hydrogen) atoms. The molecule has 0 radical (unpaired) electrons. The van der Waals surface area contributed by atoms with Gasteiger partial charge < -0.3 is 10.8 Å². The predicted molar refractivity (Wildman–Crippen MR) is 55.5 cm³/mol. The molecule has 0 saturated carbocycles. The number of hydrogen-bond donors (Lipinski definition) is 2. The van der Waals surface area contributed by atoms with Gasteiger partial charge in [-0.2, -0.15) is 0 Å². The van der Waals surface area contributed by atoms with E-state index in [1.54, 1.807) is 30.3 Å². The van der Waals surface area contributed by atoms with Gasteiger partial charge in [-0.15, -0.1) is 0 Å². The monoisotopic (exact) mass is 207 g/mol. The number of carboxylic acid groups (broad SMARTS) is 1. The summed E-state index contributed by atoms with van der Waals surface area (Å²) in [6.07, 6.45) is 0. The fraction of sp³-hybridized carbons (Fsp3) is 0.273. The molecule has 0 bridgehead atoms. The van der Waals surface area contributed by atoms with Gasteiger partial charge in [0.25, 0.3) is 0 Å². The molecule has 0 heterocycles. The van der Waals surface area contributed by atoms with Gasteiger partial charge in [-0.3, -0.25) is 9.59 Å². The van der Waals surface area contributed by atoms with E-state index in [-0.39, 0.29) is 5.78 Å². The molecule has 3 N–H and O–H groups in total. The smallest absolute Gasteiger partial charge is 0.321 e. The molecule has 0 saturated heterocycles. The van der Waals surface area contributed by atoms with Gasteiger partial charge in [-0.25, -0.2) is 0 Å². The molecule has 0 aliphatic heterocycles. The van der Waals surface area contributed by atoms with Crippen molar-refractivity contribution in [2.45, 2.75) is 18.9 Å². The number of ketones is 1. The summed E-state index contributed by atoms with van der Waals surface area (Å²) in [6, 6.07) is 7.51. The Morgan fingerprint density at radius 2 is 1.80 bits per heavy atom. The number of carbonyl (C=O) groups excluding carboxylic acids is 1. The lowest BCUT2D eigenvalue weighted by molar-refractivity contribution is -0.140. The van der Waals surface area contributed by atoms with E-state index in [0.29, 0.717) is 5.56 Å². The van der Waals surface area contributed by atoms with Crippen LogP contribution >= 0.6 is 0 Å². The minimum Gasteiger partial charge on any atom is -0.480 e. The maximum Gasteiger partial charge on any atom is 0.321 e. The average Bonchev–Trinajstić information content (AvgIpc) is 2.18. The van der Waals surface area contributed by atoms with Gasteiger partial charge in [0.05, 0.1) is 5.92 Å². The molecule has 80 valence electrons. The quantitative estimate of drug-likeness (QED) is 0.764. The second kappa shape index (κ2) is 4.70. The van der Waals surface area contributed by atoms with E-state index in [0.717, 1.165) is 0 Å². The predicted octanol–water partition coefficient (Wildman–Crippen LogP) is 0.771. The number of carboxylic acids is 1. The fourth-order valence-electron chi connectivity index (χ4n) is 1.50. The van der Waals surface area contributed by atoms with E-state index in [2.05, 4.69) is 0 Å². The number of nitrogens with two attached hydrogens (primary N) is 1. The second-order valence-electron chi connectivity index (χ2n) is 3.36. The van der Waals surface area contributed by atoms with Gasteiger partial charge in [0.1, 0.15) is 11.8 Å². The molecule has 0 fully saturated rings. The van der Waals surface area contributed by atoms with E-state index in [4.69, 9.17) is 10.8 Å². The molecule has 0 aliphatic rings. The molecule has 4 heteroatoms. The van der Waals surface area contributed by atoms with Crippen molar-refractivity contribution in [3.05, 3.63) is 35.9 Å². The number of rotatable bonds is 4. The van der Waals surface area contributed by atoms with E-state index in [9.17, 15) is 9.59 Å². The Bertz CT molecular complexity index is 361. The summed E-state index contributed by atoms with van der Waals surface area (Å²) in [6.45, 7) is 1.35. The van der Waals surface area contributed by atoms with Gasteiger partial charge in [-0.05, 0) is 12.5 Å². The minimum absolute atomic E-state index is 0.240. The van der Waals surface area contributed by atoms with Gasteiger partial charge >= 0.3 is 5.97 Å². The van der Waals surface area contributed by atoms with Crippen LogP contribution in [0.5, 0.6) is 0 Å². The normalized spacial score (nSPS) is 14.3. The molecule has 4 nitrogen and oxygen atoms in total. The number of benzene rings is 1. The van der Waals surface area contributed by atoms with Crippen LogP contribution in [0.1, 0.15) is 18.4 Å². The molecule has 0 aromatic heterocycles. The summed E-state index contributed by atoms with van der Waals surface area (Å²) in [5.74, 6) is -2.18. The highest BCUT2D eigenvalue weighted by Gasteiger charge is 2.29. The number of Topliss-reactive ketones (excluding diaryl/α,β-unsaturated/α-hetero) is 1. The molecule has 1 aromatic carbocycles. The Balaban J connectivity index is 3.04. The standard InChI is InChI=1S/C11H13NO3/c1-7(13)9(10(12)11(14)15)8-5-3-2-4-6-8/h2-6,9-10H,12H2,1H3,(H,14,15)/t9-,10-/m0/s1. The Hall–Kier alpha value is -1.68. The first-order valence-corrected chi connectivity index (χ1v) is 4.58. The SMILES string of the molecule is CC(=O)[C@@H](c1ccccc1)[C@H](N)C(=O)O. The number of carbonyl (C=O) groups is 2. The highest BCUT2D eigenvalue weighted by atomic mass is 16.4. The van der Waals surface area contributed by atoms with Crippen LogP contribution in [-0.4, -0.2) is 22.9 Å². The first-order valence-electron chi connectivity index (χ1n) is 4.58. The van der Waals surface area contributed by atoms with E-state index in [1.807, 2.05) is 0 Å². The summed E-state index contributed by atoms with van der Waals surface area (Å²) in [5, 5.41) is 8.79. The first-order chi connectivity index (χ1) is 7.04. The van der Waals surface area contributed by atoms with Gasteiger partial charge in [0.2, 0.25) is 0 Å². The molecule has 0 aliphatic carbocycles. The molecule has 2 atom stereocenters. The topological polar surface area (TPSA) is 80.4 Å². The van der Waals surface area contributed by atoms with Crippen molar-refractivity contribution in [3.8, 4) is 0 Å². The number of aliphatic carboxylic acids is 1. The molecule has 1 aromatic rings. The Kier molecular flexibility index (Phi) is 3.57. The van der Waals surface area contributed by atoms with Crippen LogP contribution in [0.2, 0.25) is 0 Å². The van der Waals surface area contributed by atoms with Crippen molar-refractivity contribution in [1.29, 1.82) is 0 Å². The van der Waals surface area contributed by atoms with Gasteiger partial charge in [-0.1, -0.05) is 30.3 Å². The second-order valence-corrected chi connectivity index (χ2v) is 3.36. The largest absolute Gasteiger partial charge is 0.480 e. The molecular formula is C11H13NO3. The first kappa shape index (κ1) is 11.4. The van der Waals surface area contributed by atoms with Crippen LogP contribution in [-0.2, 0) is 9.59 Å².